The molecule has 2 aliphatic rings. The summed E-state index contributed by atoms with van der Waals surface area (Å²) in [7, 11) is 0. The molecule has 2 unspecified atom stereocenters. The number of imide groups is 1. The van der Waals surface area contributed by atoms with E-state index in [2.05, 4.69) is 42.6 Å². The highest BCUT2D eigenvalue weighted by atomic mass is 19.3. The molecule has 2 atom stereocenters. The molecule has 2 saturated heterocycles. The van der Waals surface area contributed by atoms with Crippen LogP contribution in [0.2, 0.25) is 0 Å². The normalized spacial score (nSPS) is 17.8. The topological polar surface area (TPSA) is 100 Å². The Morgan fingerprint density at radius 2 is 1.65 bits per heavy atom. The second-order valence-electron chi connectivity index (χ2n) is 13.7. The lowest BCUT2D eigenvalue weighted by Gasteiger charge is -2.32. The monoisotopic (exact) mass is 710 g/mol. The van der Waals surface area contributed by atoms with Gasteiger partial charge in [0.25, 0.3) is 6.43 Å². The van der Waals surface area contributed by atoms with Gasteiger partial charge >= 0.3 is 0 Å². The van der Waals surface area contributed by atoms with Gasteiger partial charge < -0.3 is 5.32 Å². The number of aromatic nitrogens is 3. The largest absolute Gasteiger partial charge is 0.363 e. The first kappa shape index (κ1) is 35.2. The van der Waals surface area contributed by atoms with Gasteiger partial charge in [-0.15, -0.1) is 0 Å². The van der Waals surface area contributed by atoms with Crippen molar-refractivity contribution in [1.82, 2.24) is 25.2 Å². The summed E-state index contributed by atoms with van der Waals surface area (Å²) in [6.45, 7) is 5.42. The summed E-state index contributed by atoms with van der Waals surface area (Å²) >= 11 is 0. The number of rotatable bonds is 9. The van der Waals surface area contributed by atoms with Crippen molar-refractivity contribution >= 4 is 28.5 Å². The Labute approximate surface area is 298 Å². The fourth-order valence-electron chi connectivity index (χ4n) is 7.30. The summed E-state index contributed by atoms with van der Waals surface area (Å²) < 4.78 is 56.9. The van der Waals surface area contributed by atoms with E-state index in [9.17, 15) is 22.8 Å². The third kappa shape index (κ3) is 7.38. The van der Waals surface area contributed by atoms with Gasteiger partial charge in [0.1, 0.15) is 23.3 Å². The minimum Gasteiger partial charge on any atom is -0.363 e. The maximum absolute atomic E-state index is 15.2. The molecule has 12 heteroatoms. The zero-order valence-electron chi connectivity index (χ0n) is 28.8. The third-order valence-corrected chi connectivity index (χ3v) is 10.2. The average Bonchev–Trinajstić information content (AvgIpc) is 3.13. The number of piperidine rings is 2. The zero-order chi connectivity index (χ0) is 36.5. The van der Waals surface area contributed by atoms with Crippen LogP contribution in [-0.4, -0.2) is 44.8 Å². The number of hydrogen-bond donors (Lipinski definition) is 2. The highest BCUT2D eigenvalue weighted by Gasteiger charge is 2.29. The van der Waals surface area contributed by atoms with E-state index >= 15 is 4.39 Å². The number of nitrogens with zero attached hydrogens (tertiary/aromatic N) is 4. The van der Waals surface area contributed by atoms with Crippen LogP contribution in [0.1, 0.15) is 90.6 Å². The summed E-state index contributed by atoms with van der Waals surface area (Å²) in [5, 5.41) is 6.21. The zero-order valence-corrected chi connectivity index (χ0v) is 28.8. The average molecular weight is 711 g/mol. The molecule has 4 heterocycles. The number of pyridine rings is 1. The number of amides is 2. The SMILES string of the molecule is Cc1nc(NC(C)c2cccc(C(F)F)c2F)c2cc(-c3ccc(F)c(CN4CCC(c5ccc(C6CCC(=O)NC6=O)cc5)CC4)c3)ncc2n1. The van der Waals surface area contributed by atoms with E-state index < -0.39 is 23.8 Å². The van der Waals surface area contributed by atoms with Gasteiger partial charge in [0.05, 0.1) is 34.9 Å². The van der Waals surface area contributed by atoms with Crippen LogP contribution in [-0.2, 0) is 16.1 Å². The third-order valence-electron chi connectivity index (χ3n) is 10.2. The lowest BCUT2D eigenvalue weighted by molar-refractivity contribution is -0.134. The number of benzene rings is 3. The quantitative estimate of drug-likeness (QED) is 0.117. The predicted octanol–water partition coefficient (Wildman–Crippen LogP) is 8.29. The fourth-order valence-corrected chi connectivity index (χ4v) is 7.30. The van der Waals surface area contributed by atoms with Crippen molar-refractivity contribution < 1.29 is 27.2 Å². The van der Waals surface area contributed by atoms with Crippen molar-refractivity contribution in [3.8, 4) is 11.3 Å². The highest BCUT2D eigenvalue weighted by molar-refractivity contribution is 6.01. The van der Waals surface area contributed by atoms with Crippen molar-refractivity contribution in [3.05, 3.63) is 118 Å². The number of anilines is 1. The number of hydrogen-bond acceptors (Lipinski definition) is 7. The maximum atomic E-state index is 15.2. The van der Waals surface area contributed by atoms with Gasteiger partial charge in [0.2, 0.25) is 11.8 Å². The number of halogens is 4. The Morgan fingerprint density at radius 3 is 2.38 bits per heavy atom. The Hall–Kier alpha value is -5.23. The van der Waals surface area contributed by atoms with Crippen molar-refractivity contribution in [1.29, 1.82) is 0 Å². The first-order chi connectivity index (χ1) is 25.0. The summed E-state index contributed by atoms with van der Waals surface area (Å²) in [6, 6.07) is 18.1. The molecule has 0 spiro atoms. The van der Waals surface area contributed by atoms with Crippen molar-refractivity contribution in [3.63, 3.8) is 0 Å². The van der Waals surface area contributed by atoms with Crippen LogP contribution in [0.5, 0.6) is 0 Å². The number of carbonyl (C=O) groups excluding carboxylic acids is 2. The number of aryl methyl sites for hydroxylation is 1. The van der Waals surface area contributed by atoms with Crippen LogP contribution in [0, 0.1) is 18.6 Å². The van der Waals surface area contributed by atoms with Crippen LogP contribution in [0.15, 0.2) is 72.9 Å². The first-order valence-corrected chi connectivity index (χ1v) is 17.5. The number of likely N-dealkylation sites (tertiary alicyclic amines) is 1. The van der Waals surface area contributed by atoms with Crippen LogP contribution < -0.4 is 10.6 Å². The van der Waals surface area contributed by atoms with Gasteiger partial charge in [-0.3, -0.25) is 24.8 Å². The van der Waals surface area contributed by atoms with Crippen LogP contribution in [0.4, 0.5) is 23.4 Å². The Bertz CT molecular complexity index is 2140. The number of fused-ring (bicyclic) bond motifs is 1. The molecule has 3 aromatic carbocycles. The molecule has 0 radical (unpaired) electrons. The molecule has 7 rings (SSSR count). The lowest BCUT2D eigenvalue weighted by atomic mass is 9.86. The molecule has 52 heavy (non-hydrogen) atoms. The van der Waals surface area contributed by atoms with Gasteiger partial charge in [-0.1, -0.05) is 42.5 Å². The smallest absolute Gasteiger partial charge is 0.266 e. The summed E-state index contributed by atoms with van der Waals surface area (Å²) in [5.74, 6) is -0.827. The van der Waals surface area contributed by atoms with E-state index in [1.165, 1.54) is 23.8 Å². The molecule has 0 bridgehead atoms. The minimum atomic E-state index is -2.94. The molecule has 2 fully saturated rings. The van der Waals surface area contributed by atoms with Crippen molar-refractivity contribution in [2.24, 2.45) is 0 Å². The molecule has 8 nitrogen and oxygen atoms in total. The summed E-state index contributed by atoms with van der Waals surface area (Å²) in [4.78, 5) is 39.7. The van der Waals surface area contributed by atoms with E-state index in [4.69, 9.17) is 0 Å². The van der Waals surface area contributed by atoms with Gasteiger partial charge in [-0.05, 0) is 87.5 Å². The van der Waals surface area contributed by atoms with Crippen LogP contribution >= 0.6 is 0 Å². The summed E-state index contributed by atoms with van der Waals surface area (Å²) in [6.07, 6.45) is 1.36. The molecule has 2 N–H and O–H groups in total. The van der Waals surface area contributed by atoms with Crippen molar-refractivity contribution in [2.45, 2.75) is 70.4 Å². The van der Waals surface area contributed by atoms with Gasteiger partial charge in [0, 0.05) is 35.0 Å². The van der Waals surface area contributed by atoms with E-state index in [-0.39, 0.29) is 29.1 Å². The lowest BCUT2D eigenvalue weighted by Crippen LogP contribution is -2.39. The van der Waals surface area contributed by atoms with Crippen molar-refractivity contribution in [2.75, 3.05) is 18.4 Å². The molecule has 2 amide bonds. The fraction of sp³-hybridized carbons (Fsp3) is 0.325. The second kappa shape index (κ2) is 14.8. The van der Waals surface area contributed by atoms with Crippen LogP contribution in [0.3, 0.4) is 0 Å². The first-order valence-electron chi connectivity index (χ1n) is 17.5. The second-order valence-corrected chi connectivity index (χ2v) is 13.7. The number of carbonyl (C=O) groups is 2. The predicted molar refractivity (Wildman–Crippen MR) is 190 cm³/mol. The van der Waals surface area contributed by atoms with Gasteiger partial charge in [-0.2, -0.15) is 0 Å². The Morgan fingerprint density at radius 1 is 0.923 bits per heavy atom. The van der Waals surface area contributed by atoms with E-state index in [0.717, 1.165) is 37.6 Å². The highest BCUT2D eigenvalue weighted by Crippen LogP contribution is 2.34. The maximum Gasteiger partial charge on any atom is 0.266 e. The molecule has 0 aliphatic carbocycles. The van der Waals surface area contributed by atoms with Crippen LogP contribution in [0.25, 0.3) is 22.2 Å². The molecular formula is C40H38F4N6O2. The Kier molecular flexibility index (Phi) is 10.0. The molecule has 268 valence electrons. The molecular weight excluding hydrogens is 672 g/mol. The number of alkyl halides is 2. The standard InChI is InChI=1S/C40H38F4N6O2/c1-22(29-4-3-5-31(37(29)42)38(43)44)46-39-32-19-34(45-20-35(32)47-23(2)48-39)27-10-12-33(41)28(18-27)21-50-16-14-25(15-17-50)24-6-8-26(9-7-24)30-11-13-36(51)49-40(30)52/h3-10,12,18-20,22,25,30,38H,11,13-17,21H2,1-2H3,(H,46,47,48)(H,49,51,52). The molecule has 5 aromatic rings. The van der Waals surface area contributed by atoms with Gasteiger partial charge in [-0.25, -0.2) is 27.5 Å². The van der Waals surface area contributed by atoms with E-state index in [1.807, 2.05) is 12.1 Å². The minimum absolute atomic E-state index is 0.0893. The molecule has 2 aliphatic heterocycles. The molecule has 0 saturated carbocycles. The summed E-state index contributed by atoms with van der Waals surface area (Å²) in [5.41, 5.74) is 3.93. The van der Waals surface area contributed by atoms with Gasteiger partial charge in [0.15, 0.2) is 0 Å². The number of nitrogens with one attached hydrogen (secondary N) is 2. The van der Waals surface area contributed by atoms with E-state index in [1.54, 1.807) is 38.2 Å². The molecule has 2 aromatic heterocycles. The Balaban J connectivity index is 1.04. The van der Waals surface area contributed by atoms with E-state index in [0.29, 0.717) is 64.7 Å².